The Labute approximate surface area is 82.4 Å². The van der Waals surface area contributed by atoms with E-state index in [2.05, 4.69) is 5.32 Å². The SMILES string of the molecule is COCCNC(=O)C(N)CCC(=O)O. The molecule has 0 bridgehead atoms. The van der Waals surface area contributed by atoms with E-state index in [9.17, 15) is 9.59 Å². The molecule has 4 N–H and O–H groups in total. The maximum Gasteiger partial charge on any atom is 0.303 e. The predicted octanol–water partition coefficient (Wildman–Crippen LogP) is -1.06. The van der Waals surface area contributed by atoms with Crippen LogP contribution >= 0.6 is 0 Å². The molecule has 0 rings (SSSR count). The van der Waals surface area contributed by atoms with E-state index in [1.54, 1.807) is 0 Å². The van der Waals surface area contributed by atoms with Crippen LogP contribution < -0.4 is 11.1 Å². The molecule has 0 aliphatic carbocycles. The fourth-order valence-corrected chi connectivity index (χ4v) is 0.817. The van der Waals surface area contributed by atoms with Crippen LogP contribution in [0.4, 0.5) is 0 Å². The molecule has 82 valence electrons. The van der Waals surface area contributed by atoms with Crippen molar-refractivity contribution in [2.24, 2.45) is 5.73 Å². The number of rotatable bonds is 7. The second-order valence-electron chi connectivity index (χ2n) is 2.82. The van der Waals surface area contributed by atoms with Gasteiger partial charge in [0.05, 0.1) is 12.6 Å². The molecule has 0 heterocycles. The van der Waals surface area contributed by atoms with E-state index in [4.69, 9.17) is 15.6 Å². The van der Waals surface area contributed by atoms with Crippen molar-refractivity contribution in [3.8, 4) is 0 Å². The second kappa shape index (κ2) is 7.28. The number of ether oxygens (including phenoxy) is 1. The van der Waals surface area contributed by atoms with E-state index < -0.39 is 12.0 Å². The fraction of sp³-hybridized carbons (Fsp3) is 0.750. The van der Waals surface area contributed by atoms with E-state index in [-0.39, 0.29) is 18.7 Å². The number of hydrogen-bond donors (Lipinski definition) is 3. The maximum absolute atomic E-state index is 11.1. The standard InChI is InChI=1S/C8H16N2O4/c1-14-5-4-10-8(13)6(9)2-3-7(11)12/h6H,2-5,9H2,1H3,(H,10,13)(H,11,12). The van der Waals surface area contributed by atoms with Gasteiger partial charge >= 0.3 is 5.97 Å². The first-order valence-electron chi connectivity index (χ1n) is 4.32. The van der Waals surface area contributed by atoms with Gasteiger partial charge in [-0.2, -0.15) is 0 Å². The van der Waals surface area contributed by atoms with Crippen molar-refractivity contribution in [2.45, 2.75) is 18.9 Å². The lowest BCUT2D eigenvalue weighted by Gasteiger charge is -2.10. The molecule has 14 heavy (non-hydrogen) atoms. The molecule has 0 spiro atoms. The number of carbonyl (C=O) groups is 2. The molecule has 0 aromatic heterocycles. The number of amides is 1. The van der Waals surface area contributed by atoms with Crippen LogP contribution in [0.25, 0.3) is 0 Å². The summed E-state index contributed by atoms with van der Waals surface area (Å²) in [6.07, 6.45) is 0.0486. The van der Waals surface area contributed by atoms with Gasteiger partial charge in [0.1, 0.15) is 0 Å². The summed E-state index contributed by atoms with van der Waals surface area (Å²) in [5.74, 6) is -1.30. The third-order valence-electron chi connectivity index (χ3n) is 1.61. The maximum atomic E-state index is 11.1. The van der Waals surface area contributed by atoms with E-state index in [1.165, 1.54) is 7.11 Å². The Morgan fingerprint density at radius 1 is 1.57 bits per heavy atom. The molecule has 0 saturated heterocycles. The molecule has 0 aromatic rings. The van der Waals surface area contributed by atoms with Crippen LogP contribution in [0.3, 0.4) is 0 Å². The number of methoxy groups -OCH3 is 1. The average molecular weight is 204 g/mol. The lowest BCUT2D eigenvalue weighted by Crippen LogP contribution is -2.42. The minimum absolute atomic E-state index is 0.0983. The van der Waals surface area contributed by atoms with Gasteiger partial charge in [0.25, 0.3) is 0 Å². The lowest BCUT2D eigenvalue weighted by atomic mass is 10.1. The number of aliphatic carboxylic acids is 1. The van der Waals surface area contributed by atoms with Crippen LogP contribution in [-0.2, 0) is 14.3 Å². The number of carbonyl (C=O) groups excluding carboxylic acids is 1. The van der Waals surface area contributed by atoms with Gasteiger partial charge in [0, 0.05) is 20.1 Å². The predicted molar refractivity (Wildman–Crippen MR) is 49.7 cm³/mol. The highest BCUT2D eigenvalue weighted by atomic mass is 16.5. The van der Waals surface area contributed by atoms with Crippen LogP contribution in [0.1, 0.15) is 12.8 Å². The van der Waals surface area contributed by atoms with Crippen molar-refractivity contribution < 1.29 is 19.4 Å². The molecule has 6 nitrogen and oxygen atoms in total. The second-order valence-corrected chi connectivity index (χ2v) is 2.82. The van der Waals surface area contributed by atoms with Gasteiger partial charge in [0.15, 0.2) is 0 Å². The number of nitrogens with two attached hydrogens (primary N) is 1. The van der Waals surface area contributed by atoms with Gasteiger partial charge in [0.2, 0.25) is 5.91 Å². The van der Waals surface area contributed by atoms with Crippen molar-refractivity contribution in [3.63, 3.8) is 0 Å². The van der Waals surface area contributed by atoms with Gasteiger partial charge in [-0.15, -0.1) is 0 Å². The monoisotopic (exact) mass is 204 g/mol. The van der Waals surface area contributed by atoms with Crippen molar-refractivity contribution >= 4 is 11.9 Å². The summed E-state index contributed by atoms with van der Waals surface area (Å²) in [7, 11) is 1.52. The van der Waals surface area contributed by atoms with Gasteiger partial charge < -0.3 is 20.9 Å². The summed E-state index contributed by atoms with van der Waals surface area (Å²) in [5.41, 5.74) is 5.43. The number of carboxylic acids is 1. The van der Waals surface area contributed by atoms with Crippen LogP contribution in [0.2, 0.25) is 0 Å². The highest BCUT2D eigenvalue weighted by Gasteiger charge is 2.13. The van der Waals surface area contributed by atoms with E-state index in [1.807, 2.05) is 0 Å². The first kappa shape index (κ1) is 12.9. The summed E-state index contributed by atoms with van der Waals surface area (Å²) < 4.78 is 4.72. The van der Waals surface area contributed by atoms with Crippen LogP contribution in [0.15, 0.2) is 0 Å². The number of nitrogens with one attached hydrogen (secondary N) is 1. The fourth-order valence-electron chi connectivity index (χ4n) is 0.817. The van der Waals surface area contributed by atoms with Gasteiger partial charge in [-0.05, 0) is 6.42 Å². The van der Waals surface area contributed by atoms with Gasteiger partial charge in [-0.3, -0.25) is 9.59 Å². The topological polar surface area (TPSA) is 102 Å². The zero-order chi connectivity index (χ0) is 11.0. The van der Waals surface area contributed by atoms with Crippen LogP contribution in [-0.4, -0.2) is 43.3 Å². The van der Waals surface area contributed by atoms with E-state index in [0.717, 1.165) is 0 Å². The Kier molecular flexibility index (Phi) is 6.69. The Hall–Kier alpha value is -1.14. The number of hydrogen-bond acceptors (Lipinski definition) is 4. The normalized spacial score (nSPS) is 12.1. The molecule has 1 amide bonds. The molecule has 0 aromatic carbocycles. The highest BCUT2D eigenvalue weighted by molar-refractivity contribution is 5.82. The van der Waals surface area contributed by atoms with Crippen molar-refractivity contribution in [3.05, 3.63) is 0 Å². The van der Waals surface area contributed by atoms with E-state index in [0.29, 0.717) is 13.2 Å². The molecule has 0 radical (unpaired) electrons. The van der Waals surface area contributed by atoms with Crippen LogP contribution in [0, 0.1) is 0 Å². The van der Waals surface area contributed by atoms with Gasteiger partial charge in [-0.25, -0.2) is 0 Å². The minimum Gasteiger partial charge on any atom is -0.481 e. The Morgan fingerprint density at radius 3 is 2.71 bits per heavy atom. The summed E-state index contributed by atoms with van der Waals surface area (Å²) >= 11 is 0. The first-order valence-corrected chi connectivity index (χ1v) is 4.32. The first-order chi connectivity index (χ1) is 6.57. The smallest absolute Gasteiger partial charge is 0.303 e. The van der Waals surface area contributed by atoms with Crippen molar-refractivity contribution in [1.82, 2.24) is 5.32 Å². The summed E-state index contributed by atoms with van der Waals surface area (Å²) in [5, 5.41) is 10.9. The summed E-state index contributed by atoms with van der Waals surface area (Å²) in [6, 6.07) is -0.761. The van der Waals surface area contributed by atoms with Crippen molar-refractivity contribution in [1.29, 1.82) is 0 Å². The molecular formula is C8H16N2O4. The summed E-state index contributed by atoms with van der Waals surface area (Å²) in [4.78, 5) is 21.3. The quantitative estimate of drug-likeness (QED) is 0.459. The Balaban J connectivity index is 3.59. The Morgan fingerprint density at radius 2 is 2.21 bits per heavy atom. The zero-order valence-corrected chi connectivity index (χ0v) is 8.16. The molecule has 0 fully saturated rings. The molecule has 0 aliphatic heterocycles. The van der Waals surface area contributed by atoms with Gasteiger partial charge in [-0.1, -0.05) is 0 Å². The molecular weight excluding hydrogens is 188 g/mol. The number of carboxylic acid groups (broad SMARTS) is 1. The third kappa shape index (κ3) is 6.38. The zero-order valence-electron chi connectivity index (χ0n) is 8.16. The van der Waals surface area contributed by atoms with E-state index >= 15 is 0 Å². The Bertz CT molecular complexity index is 196. The average Bonchev–Trinajstić information content (AvgIpc) is 2.14. The lowest BCUT2D eigenvalue weighted by molar-refractivity contribution is -0.137. The molecule has 1 atom stereocenters. The van der Waals surface area contributed by atoms with Crippen LogP contribution in [0.5, 0.6) is 0 Å². The minimum atomic E-state index is -0.954. The highest BCUT2D eigenvalue weighted by Crippen LogP contribution is 1.94. The molecule has 6 heteroatoms. The molecule has 1 unspecified atom stereocenters. The molecule has 0 aliphatic rings. The molecule has 0 saturated carbocycles. The third-order valence-corrected chi connectivity index (χ3v) is 1.61. The van der Waals surface area contributed by atoms with Crippen molar-refractivity contribution in [2.75, 3.05) is 20.3 Å². The largest absolute Gasteiger partial charge is 0.481 e. The summed E-state index contributed by atoms with van der Waals surface area (Å²) in [6.45, 7) is 0.799.